The molecule has 1 saturated heterocycles. The fourth-order valence-electron chi connectivity index (χ4n) is 4.01. The lowest BCUT2D eigenvalue weighted by Crippen LogP contribution is -2.39. The van der Waals surface area contributed by atoms with Crippen LogP contribution in [0.4, 0.5) is 14.5 Å². The second-order valence-corrected chi connectivity index (χ2v) is 7.65. The summed E-state index contributed by atoms with van der Waals surface area (Å²) in [6, 6.07) is 9.56. The first-order valence-electron chi connectivity index (χ1n) is 9.98. The molecule has 3 N–H and O–H groups in total. The summed E-state index contributed by atoms with van der Waals surface area (Å²) in [7, 11) is 0. The second kappa shape index (κ2) is 7.50. The number of hydrogen-bond donors (Lipinski definition) is 2. The van der Waals surface area contributed by atoms with Gasteiger partial charge in [-0.2, -0.15) is 0 Å². The SMILES string of the molecule is NC1CCN(c2cncc(-c3c[nH]c4ccc(-c5c(F)cccc5F)nc34)c2)CC1. The molecule has 30 heavy (non-hydrogen) atoms. The average molecular weight is 405 g/mol. The Labute approximate surface area is 172 Å². The molecule has 1 fully saturated rings. The number of anilines is 1. The van der Waals surface area contributed by atoms with E-state index >= 15 is 0 Å². The molecule has 5 nitrogen and oxygen atoms in total. The van der Waals surface area contributed by atoms with Crippen molar-refractivity contribution in [2.75, 3.05) is 18.0 Å². The van der Waals surface area contributed by atoms with E-state index in [1.807, 2.05) is 12.4 Å². The van der Waals surface area contributed by atoms with Crippen molar-refractivity contribution in [1.82, 2.24) is 15.0 Å². The molecule has 5 rings (SSSR count). The second-order valence-electron chi connectivity index (χ2n) is 7.65. The Hall–Kier alpha value is -3.32. The first-order chi connectivity index (χ1) is 14.6. The lowest BCUT2D eigenvalue weighted by Gasteiger charge is -2.31. The van der Waals surface area contributed by atoms with Crippen molar-refractivity contribution in [1.29, 1.82) is 0 Å². The Morgan fingerprint density at radius 3 is 2.57 bits per heavy atom. The topological polar surface area (TPSA) is 70.8 Å². The van der Waals surface area contributed by atoms with Crippen LogP contribution in [0.25, 0.3) is 33.4 Å². The summed E-state index contributed by atoms with van der Waals surface area (Å²) in [5.74, 6) is -1.27. The van der Waals surface area contributed by atoms with E-state index in [0.717, 1.165) is 48.3 Å². The van der Waals surface area contributed by atoms with Crippen molar-refractivity contribution in [2.24, 2.45) is 5.73 Å². The Morgan fingerprint density at radius 2 is 1.80 bits per heavy atom. The van der Waals surface area contributed by atoms with Gasteiger partial charge in [-0.1, -0.05) is 6.07 Å². The molecule has 152 valence electrons. The number of H-pyrrole nitrogens is 1. The number of halogens is 2. The predicted molar refractivity (Wildman–Crippen MR) is 114 cm³/mol. The molecule has 0 aliphatic carbocycles. The standard InChI is InChI=1S/C23H21F2N5/c24-18-2-1-3-19(25)22(18)20-4-5-21-23(29-20)17(13-28-21)14-10-16(12-27-11-14)30-8-6-15(26)7-9-30/h1-5,10-13,15,28H,6-9,26H2. The number of aromatic nitrogens is 3. The van der Waals surface area contributed by atoms with E-state index in [-0.39, 0.29) is 17.3 Å². The van der Waals surface area contributed by atoms with Gasteiger partial charge in [0.1, 0.15) is 11.6 Å². The van der Waals surface area contributed by atoms with Gasteiger partial charge in [0.15, 0.2) is 0 Å². The van der Waals surface area contributed by atoms with Gasteiger partial charge in [0, 0.05) is 42.7 Å². The average Bonchev–Trinajstić information content (AvgIpc) is 3.18. The number of nitrogens with one attached hydrogen (secondary N) is 1. The fourth-order valence-corrected chi connectivity index (χ4v) is 4.01. The van der Waals surface area contributed by atoms with Crippen molar-refractivity contribution >= 4 is 16.7 Å². The summed E-state index contributed by atoms with van der Waals surface area (Å²) >= 11 is 0. The van der Waals surface area contributed by atoms with Gasteiger partial charge in [-0.3, -0.25) is 4.98 Å². The smallest absolute Gasteiger partial charge is 0.135 e. The molecular weight excluding hydrogens is 384 g/mol. The van der Waals surface area contributed by atoms with E-state index in [1.165, 1.54) is 18.2 Å². The van der Waals surface area contributed by atoms with Gasteiger partial charge in [-0.15, -0.1) is 0 Å². The van der Waals surface area contributed by atoms with Crippen molar-refractivity contribution in [3.05, 3.63) is 66.6 Å². The number of fused-ring (bicyclic) bond motifs is 1. The van der Waals surface area contributed by atoms with Crippen molar-refractivity contribution in [3.63, 3.8) is 0 Å². The quantitative estimate of drug-likeness (QED) is 0.527. The fraction of sp³-hybridized carbons (Fsp3) is 0.217. The number of pyridine rings is 2. The van der Waals surface area contributed by atoms with Gasteiger partial charge in [-0.25, -0.2) is 13.8 Å². The minimum atomic E-state index is -0.633. The zero-order valence-electron chi connectivity index (χ0n) is 16.3. The zero-order chi connectivity index (χ0) is 20.7. The number of aromatic amines is 1. The molecule has 0 bridgehead atoms. The summed E-state index contributed by atoms with van der Waals surface area (Å²) in [5.41, 5.74) is 10.4. The van der Waals surface area contributed by atoms with Crippen molar-refractivity contribution in [3.8, 4) is 22.4 Å². The van der Waals surface area contributed by atoms with Crippen LogP contribution in [-0.2, 0) is 0 Å². The molecular formula is C23H21F2N5. The van der Waals surface area contributed by atoms with E-state index < -0.39 is 11.6 Å². The molecule has 0 atom stereocenters. The molecule has 0 amide bonds. The molecule has 1 aliphatic rings. The van der Waals surface area contributed by atoms with E-state index in [2.05, 4.69) is 25.9 Å². The normalized spacial score (nSPS) is 15.1. The Kier molecular flexibility index (Phi) is 4.67. The molecule has 0 saturated carbocycles. The van der Waals surface area contributed by atoms with Crippen LogP contribution in [0.5, 0.6) is 0 Å². The number of benzene rings is 1. The van der Waals surface area contributed by atoms with Crippen LogP contribution in [0.3, 0.4) is 0 Å². The number of nitrogens with zero attached hydrogens (tertiary/aromatic N) is 3. The lowest BCUT2D eigenvalue weighted by molar-refractivity contribution is 0.501. The third-order valence-corrected chi connectivity index (χ3v) is 5.68. The largest absolute Gasteiger partial charge is 0.370 e. The van der Waals surface area contributed by atoms with Gasteiger partial charge in [-0.05, 0) is 43.2 Å². The highest BCUT2D eigenvalue weighted by atomic mass is 19.1. The number of rotatable bonds is 3. The van der Waals surface area contributed by atoms with Crippen LogP contribution in [0.15, 0.2) is 55.0 Å². The molecule has 0 spiro atoms. The predicted octanol–water partition coefficient (Wildman–Crippen LogP) is 4.50. The lowest BCUT2D eigenvalue weighted by atomic mass is 10.0. The van der Waals surface area contributed by atoms with Crippen LogP contribution < -0.4 is 10.6 Å². The summed E-state index contributed by atoms with van der Waals surface area (Å²) in [4.78, 5) is 14.5. The molecule has 0 unspecified atom stereocenters. The highest BCUT2D eigenvalue weighted by Gasteiger charge is 2.19. The molecule has 1 aliphatic heterocycles. The Balaban J connectivity index is 1.56. The van der Waals surface area contributed by atoms with E-state index in [1.54, 1.807) is 18.3 Å². The van der Waals surface area contributed by atoms with Crippen LogP contribution in [-0.4, -0.2) is 34.1 Å². The highest BCUT2D eigenvalue weighted by Crippen LogP contribution is 2.32. The monoisotopic (exact) mass is 405 g/mol. The summed E-state index contributed by atoms with van der Waals surface area (Å²) in [6.07, 6.45) is 7.39. The highest BCUT2D eigenvalue weighted by molar-refractivity contribution is 5.94. The van der Waals surface area contributed by atoms with Crippen LogP contribution in [0.1, 0.15) is 12.8 Å². The maximum absolute atomic E-state index is 14.3. The molecule has 3 aromatic heterocycles. The summed E-state index contributed by atoms with van der Waals surface area (Å²) in [6.45, 7) is 1.80. The summed E-state index contributed by atoms with van der Waals surface area (Å²) < 4.78 is 28.5. The number of piperidine rings is 1. The van der Waals surface area contributed by atoms with Crippen LogP contribution in [0.2, 0.25) is 0 Å². The minimum absolute atomic E-state index is 0.122. The molecule has 4 heterocycles. The van der Waals surface area contributed by atoms with Gasteiger partial charge >= 0.3 is 0 Å². The molecule has 0 radical (unpaired) electrons. The minimum Gasteiger partial charge on any atom is -0.370 e. The zero-order valence-corrected chi connectivity index (χ0v) is 16.3. The van der Waals surface area contributed by atoms with Gasteiger partial charge in [0.2, 0.25) is 0 Å². The van der Waals surface area contributed by atoms with E-state index in [0.29, 0.717) is 5.52 Å². The third-order valence-electron chi connectivity index (χ3n) is 5.68. The van der Waals surface area contributed by atoms with Crippen LogP contribution >= 0.6 is 0 Å². The summed E-state index contributed by atoms with van der Waals surface area (Å²) in [5, 5.41) is 0. The first-order valence-corrected chi connectivity index (χ1v) is 9.98. The Morgan fingerprint density at radius 1 is 1.03 bits per heavy atom. The maximum Gasteiger partial charge on any atom is 0.135 e. The molecule has 1 aromatic carbocycles. The van der Waals surface area contributed by atoms with Gasteiger partial charge < -0.3 is 15.6 Å². The Bertz CT molecular complexity index is 1190. The molecule has 7 heteroatoms. The number of nitrogens with two attached hydrogens (primary N) is 1. The molecule has 4 aromatic rings. The van der Waals surface area contributed by atoms with E-state index in [9.17, 15) is 8.78 Å². The van der Waals surface area contributed by atoms with E-state index in [4.69, 9.17) is 5.73 Å². The van der Waals surface area contributed by atoms with Crippen molar-refractivity contribution < 1.29 is 8.78 Å². The van der Waals surface area contributed by atoms with Gasteiger partial charge in [0.25, 0.3) is 0 Å². The first kappa shape index (κ1) is 18.7. The van der Waals surface area contributed by atoms with Gasteiger partial charge in [0.05, 0.1) is 34.2 Å². The maximum atomic E-state index is 14.3. The van der Waals surface area contributed by atoms with Crippen LogP contribution in [0, 0.1) is 11.6 Å². The van der Waals surface area contributed by atoms with Crippen molar-refractivity contribution in [2.45, 2.75) is 18.9 Å². The number of hydrogen-bond acceptors (Lipinski definition) is 4. The third kappa shape index (κ3) is 3.31.